The Morgan fingerprint density at radius 1 is 1.13 bits per heavy atom. The number of nitrogens with zero attached hydrogens (tertiary/aromatic N) is 1. The molecule has 0 N–H and O–H groups in total. The number of carbonyl (C=O) groups excluding carboxylic acids is 2. The van der Waals surface area contributed by atoms with E-state index in [2.05, 4.69) is 5.16 Å². The molecule has 0 aliphatic heterocycles. The molecule has 0 bridgehead atoms. The zero-order valence-electron chi connectivity index (χ0n) is 12.2. The van der Waals surface area contributed by atoms with E-state index in [-0.39, 0.29) is 11.5 Å². The molecule has 4 nitrogen and oxygen atoms in total. The highest BCUT2D eigenvalue weighted by atomic mass is 35.5. The highest BCUT2D eigenvalue weighted by Gasteiger charge is 2.21. The van der Waals surface area contributed by atoms with Crippen molar-refractivity contribution < 1.29 is 14.1 Å². The van der Waals surface area contributed by atoms with Crippen LogP contribution in [0.3, 0.4) is 0 Å². The molecule has 1 aromatic heterocycles. The molecule has 0 spiro atoms. The predicted molar refractivity (Wildman–Crippen MR) is 86.9 cm³/mol. The van der Waals surface area contributed by atoms with Crippen LogP contribution in [0.5, 0.6) is 0 Å². The maximum absolute atomic E-state index is 12.8. The van der Waals surface area contributed by atoms with Gasteiger partial charge in [-0.15, -0.1) is 0 Å². The molecule has 114 valence electrons. The zero-order valence-corrected chi connectivity index (χ0v) is 13.0. The summed E-state index contributed by atoms with van der Waals surface area (Å²) in [5, 5.41) is 4.38. The van der Waals surface area contributed by atoms with Crippen molar-refractivity contribution in [2.45, 2.75) is 6.92 Å². The van der Waals surface area contributed by atoms with Crippen LogP contribution in [0.2, 0.25) is 5.02 Å². The summed E-state index contributed by atoms with van der Waals surface area (Å²) in [6.07, 6.45) is 0.596. The summed E-state index contributed by atoms with van der Waals surface area (Å²) in [6, 6.07) is 13.7. The second-order valence-corrected chi connectivity index (χ2v) is 5.44. The van der Waals surface area contributed by atoms with Crippen LogP contribution in [-0.2, 0) is 0 Å². The fourth-order valence-electron chi connectivity index (χ4n) is 2.45. The SMILES string of the molecule is Cc1noc(C=O)c1-c1ccccc1C(=O)c1ccc(Cl)cc1. The monoisotopic (exact) mass is 325 g/mol. The molecular weight excluding hydrogens is 314 g/mol. The summed E-state index contributed by atoms with van der Waals surface area (Å²) < 4.78 is 5.01. The van der Waals surface area contributed by atoms with Crippen LogP contribution in [0, 0.1) is 6.92 Å². The zero-order chi connectivity index (χ0) is 16.4. The molecule has 0 amide bonds. The quantitative estimate of drug-likeness (QED) is 0.528. The lowest BCUT2D eigenvalue weighted by Crippen LogP contribution is -2.04. The van der Waals surface area contributed by atoms with Crippen molar-refractivity contribution in [3.05, 3.63) is 76.1 Å². The van der Waals surface area contributed by atoms with Gasteiger partial charge in [0.25, 0.3) is 0 Å². The average molecular weight is 326 g/mol. The molecule has 2 aromatic carbocycles. The summed E-state index contributed by atoms with van der Waals surface area (Å²) >= 11 is 5.86. The number of aromatic nitrogens is 1. The van der Waals surface area contributed by atoms with Crippen LogP contribution in [0.4, 0.5) is 0 Å². The summed E-state index contributed by atoms with van der Waals surface area (Å²) in [7, 11) is 0. The van der Waals surface area contributed by atoms with Gasteiger partial charge in [0.15, 0.2) is 12.1 Å². The van der Waals surface area contributed by atoms with Crippen molar-refractivity contribution in [3.8, 4) is 11.1 Å². The van der Waals surface area contributed by atoms with Gasteiger partial charge in [-0.1, -0.05) is 41.0 Å². The van der Waals surface area contributed by atoms with Crippen molar-refractivity contribution in [1.29, 1.82) is 0 Å². The highest BCUT2D eigenvalue weighted by Crippen LogP contribution is 2.31. The Kier molecular flexibility index (Phi) is 4.08. The number of rotatable bonds is 4. The summed E-state index contributed by atoms with van der Waals surface area (Å²) in [6.45, 7) is 1.73. The Hall–Kier alpha value is -2.72. The van der Waals surface area contributed by atoms with Gasteiger partial charge in [-0.05, 0) is 36.8 Å². The molecule has 0 aliphatic carbocycles. The third-order valence-electron chi connectivity index (χ3n) is 3.54. The first kappa shape index (κ1) is 15.2. The molecule has 0 fully saturated rings. The van der Waals surface area contributed by atoms with E-state index in [0.717, 1.165) is 0 Å². The van der Waals surface area contributed by atoms with Crippen LogP contribution < -0.4 is 0 Å². The van der Waals surface area contributed by atoms with E-state index in [1.54, 1.807) is 55.5 Å². The minimum Gasteiger partial charge on any atom is -0.352 e. The van der Waals surface area contributed by atoms with Crippen LogP contribution in [0.15, 0.2) is 53.1 Å². The van der Waals surface area contributed by atoms with Gasteiger partial charge >= 0.3 is 0 Å². The minimum atomic E-state index is -0.158. The van der Waals surface area contributed by atoms with Crippen molar-refractivity contribution in [1.82, 2.24) is 5.16 Å². The van der Waals surface area contributed by atoms with E-state index >= 15 is 0 Å². The molecular formula is C18H12ClNO3. The van der Waals surface area contributed by atoms with Crippen LogP contribution in [0.25, 0.3) is 11.1 Å². The third kappa shape index (κ3) is 2.81. The van der Waals surface area contributed by atoms with Gasteiger partial charge in [-0.25, -0.2) is 0 Å². The van der Waals surface area contributed by atoms with E-state index in [4.69, 9.17) is 16.1 Å². The van der Waals surface area contributed by atoms with Gasteiger partial charge in [0.05, 0.1) is 11.3 Å². The van der Waals surface area contributed by atoms with Crippen molar-refractivity contribution in [3.63, 3.8) is 0 Å². The Morgan fingerprint density at radius 3 is 2.52 bits per heavy atom. The lowest BCUT2D eigenvalue weighted by Gasteiger charge is -2.08. The first-order chi connectivity index (χ1) is 11.1. The number of hydrogen-bond acceptors (Lipinski definition) is 4. The maximum Gasteiger partial charge on any atom is 0.207 e. The van der Waals surface area contributed by atoms with Crippen molar-refractivity contribution >= 4 is 23.7 Å². The lowest BCUT2D eigenvalue weighted by molar-refractivity contribution is 0.103. The normalized spacial score (nSPS) is 10.5. The molecule has 0 atom stereocenters. The van der Waals surface area contributed by atoms with Gasteiger partial charge in [-0.3, -0.25) is 9.59 Å². The molecule has 0 unspecified atom stereocenters. The molecule has 5 heteroatoms. The first-order valence-electron chi connectivity index (χ1n) is 6.93. The molecule has 3 rings (SSSR count). The number of ketones is 1. The van der Waals surface area contributed by atoms with Crippen molar-refractivity contribution in [2.24, 2.45) is 0 Å². The Morgan fingerprint density at radius 2 is 1.83 bits per heavy atom. The van der Waals surface area contributed by atoms with Gasteiger partial charge in [0, 0.05) is 16.1 Å². The number of hydrogen-bond donors (Lipinski definition) is 0. The molecule has 0 saturated carbocycles. The van der Waals surface area contributed by atoms with E-state index in [1.807, 2.05) is 0 Å². The molecule has 0 radical (unpaired) electrons. The van der Waals surface area contributed by atoms with E-state index < -0.39 is 0 Å². The summed E-state index contributed by atoms with van der Waals surface area (Å²) in [4.78, 5) is 24.0. The van der Waals surface area contributed by atoms with Gasteiger partial charge in [-0.2, -0.15) is 0 Å². The van der Waals surface area contributed by atoms with Crippen LogP contribution in [0.1, 0.15) is 32.2 Å². The standard InChI is InChI=1S/C18H12ClNO3/c1-11-17(16(10-21)23-20-11)14-4-2-3-5-15(14)18(22)12-6-8-13(19)9-7-12/h2-10H,1H3. The largest absolute Gasteiger partial charge is 0.352 e. The fourth-order valence-corrected chi connectivity index (χ4v) is 2.58. The molecule has 23 heavy (non-hydrogen) atoms. The van der Waals surface area contributed by atoms with Crippen LogP contribution in [-0.4, -0.2) is 17.2 Å². The maximum atomic E-state index is 12.8. The van der Waals surface area contributed by atoms with Crippen molar-refractivity contribution in [2.75, 3.05) is 0 Å². The Balaban J connectivity index is 2.15. The van der Waals surface area contributed by atoms with Gasteiger partial charge in [0.1, 0.15) is 0 Å². The van der Waals surface area contributed by atoms with Gasteiger partial charge in [0.2, 0.25) is 5.76 Å². The van der Waals surface area contributed by atoms with Gasteiger partial charge < -0.3 is 4.52 Å². The van der Waals surface area contributed by atoms with E-state index in [0.29, 0.717) is 39.3 Å². The second kappa shape index (κ2) is 6.18. The minimum absolute atomic E-state index is 0.110. The summed E-state index contributed by atoms with van der Waals surface area (Å²) in [5.74, 6) is -0.0476. The molecule has 3 aromatic rings. The topological polar surface area (TPSA) is 60.2 Å². The first-order valence-corrected chi connectivity index (χ1v) is 7.30. The third-order valence-corrected chi connectivity index (χ3v) is 3.80. The molecule has 0 saturated heterocycles. The number of carbonyl (C=O) groups is 2. The Bertz CT molecular complexity index is 882. The van der Waals surface area contributed by atoms with Crippen LogP contribution >= 0.6 is 11.6 Å². The number of aryl methyl sites for hydroxylation is 1. The smallest absolute Gasteiger partial charge is 0.207 e. The van der Waals surface area contributed by atoms with E-state index in [9.17, 15) is 9.59 Å². The highest BCUT2D eigenvalue weighted by molar-refractivity contribution is 6.30. The molecule has 1 heterocycles. The average Bonchev–Trinajstić information content (AvgIpc) is 2.95. The lowest BCUT2D eigenvalue weighted by atomic mass is 9.93. The predicted octanol–water partition coefficient (Wildman–Crippen LogP) is 4.35. The second-order valence-electron chi connectivity index (χ2n) is 5.01. The number of halogens is 1. The summed E-state index contributed by atoms with van der Waals surface area (Å²) in [5.41, 5.74) is 2.71. The van der Waals surface area contributed by atoms with E-state index in [1.165, 1.54) is 0 Å². The Labute approximate surface area is 137 Å². The number of benzene rings is 2. The fraction of sp³-hybridized carbons (Fsp3) is 0.0556. The number of aldehydes is 1. The molecule has 0 aliphatic rings.